The molecule has 74 valence electrons. The first-order valence-electron chi connectivity index (χ1n) is 4.20. The largest absolute Gasteiger partial charge is 0.478 e. The van der Waals surface area contributed by atoms with Crippen molar-refractivity contribution in [2.75, 3.05) is 20.3 Å². The average molecular weight is 186 g/mol. The summed E-state index contributed by atoms with van der Waals surface area (Å²) in [5.41, 5.74) is 1.23. The molecule has 0 saturated carbocycles. The Morgan fingerprint density at radius 3 is 2.92 bits per heavy atom. The molecule has 4 heteroatoms. The van der Waals surface area contributed by atoms with Gasteiger partial charge in [0.15, 0.2) is 0 Å². The molecular weight excluding hydrogens is 172 g/mol. The molecule has 1 aliphatic heterocycles. The van der Waals surface area contributed by atoms with Crippen LogP contribution in [-0.2, 0) is 14.3 Å². The highest BCUT2D eigenvalue weighted by Gasteiger charge is 2.23. The Hall–Kier alpha value is -0.870. The van der Waals surface area contributed by atoms with E-state index in [1.165, 1.54) is 0 Å². The lowest BCUT2D eigenvalue weighted by atomic mass is 9.99. The summed E-state index contributed by atoms with van der Waals surface area (Å²) in [4.78, 5) is 10.7. The van der Waals surface area contributed by atoms with E-state index in [4.69, 9.17) is 14.6 Å². The van der Waals surface area contributed by atoms with Gasteiger partial charge in [0.25, 0.3) is 0 Å². The van der Waals surface area contributed by atoms with Crippen molar-refractivity contribution in [3.63, 3.8) is 0 Å². The van der Waals surface area contributed by atoms with E-state index in [2.05, 4.69) is 0 Å². The fraction of sp³-hybridized carbons (Fsp3) is 0.667. The molecular formula is C9H14O4. The lowest BCUT2D eigenvalue weighted by Crippen LogP contribution is -2.29. The van der Waals surface area contributed by atoms with Gasteiger partial charge in [-0.15, -0.1) is 0 Å². The molecule has 1 aliphatic rings. The molecule has 0 aromatic rings. The zero-order valence-electron chi connectivity index (χ0n) is 7.87. The van der Waals surface area contributed by atoms with Crippen LogP contribution in [0, 0.1) is 0 Å². The second-order valence-electron chi connectivity index (χ2n) is 3.00. The van der Waals surface area contributed by atoms with Crippen molar-refractivity contribution in [3.05, 3.63) is 11.1 Å². The van der Waals surface area contributed by atoms with Crippen LogP contribution in [0.25, 0.3) is 0 Å². The van der Waals surface area contributed by atoms with E-state index in [1.54, 1.807) is 14.0 Å². The van der Waals surface area contributed by atoms with Crippen LogP contribution in [0.3, 0.4) is 0 Å². The highest BCUT2D eigenvalue weighted by Crippen LogP contribution is 2.20. The lowest BCUT2D eigenvalue weighted by molar-refractivity contribution is -0.132. The predicted molar refractivity (Wildman–Crippen MR) is 46.6 cm³/mol. The van der Waals surface area contributed by atoms with Crippen LogP contribution < -0.4 is 0 Å². The van der Waals surface area contributed by atoms with Gasteiger partial charge in [-0.05, 0) is 18.9 Å². The zero-order valence-corrected chi connectivity index (χ0v) is 7.87. The molecule has 0 amide bonds. The number of methoxy groups -OCH3 is 1. The molecule has 4 nitrogen and oxygen atoms in total. The predicted octanol–water partition coefficient (Wildman–Crippen LogP) is 0.823. The first kappa shape index (κ1) is 10.2. The van der Waals surface area contributed by atoms with E-state index in [-0.39, 0.29) is 6.10 Å². The summed E-state index contributed by atoms with van der Waals surface area (Å²) in [5, 5.41) is 8.79. The van der Waals surface area contributed by atoms with Crippen molar-refractivity contribution in [2.24, 2.45) is 0 Å². The molecule has 1 saturated heterocycles. The van der Waals surface area contributed by atoms with Crippen LogP contribution in [0.5, 0.6) is 0 Å². The number of carbonyl (C=O) groups is 1. The van der Waals surface area contributed by atoms with Crippen LogP contribution in [0.4, 0.5) is 0 Å². The third-order valence-corrected chi connectivity index (χ3v) is 2.26. The summed E-state index contributed by atoms with van der Waals surface area (Å²) < 4.78 is 10.3. The number of hydrogen-bond acceptors (Lipinski definition) is 3. The molecule has 0 radical (unpaired) electrons. The van der Waals surface area contributed by atoms with Gasteiger partial charge in [-0.2, -0.15) is 0 Å². The first-order chi connectivity index (χ1) is 6.16. The number of ether oxygens (including phenoxy) is 2. The zero-order chi connectivity index (χ0) is 9.84. The van der Waals surface area contributed by atoms with E-state index in [0.717, 1.165) is 5.57 Å². The Bertz CT molecular complexity index is 232. The maximum absolute atomic E-state index is 10.7. The van der Waals surface area contributed by atoms with Crippen molar-refractivity contribution >= 4 is 5.97 Å². The van der Waals surface area contributed by atoms with E-state index in [1.807, 2.05) is 0 Å². The fourth-order valence-corrected chi connectivity index (χ4v) is 1.41. The molecule has 0 aromatic carbocycles. The number of carboxylic acid groups (broad SMARTS) is 1. The summed E-state index contributed by atoms with van der Waals surface area (Å²) >= 11 is 0. The molecule has 1 rings (SSSR count). The van der Waals surface area contributed by atoms with E-state index >= 15 is 0 Å². The van der Waals surface area contributed by atoms with E-state index in [9.17, 15) is 4.79 Å². The number of rotatable bonds is 2. The molecule has 1 unspecified atom stereocenters. The molecule has 1 fully saturated rings. The Labute approximate surface area is 77.1 Å². The Morgan fingerprint density at radius 2 is 2.38 bits per heavy atom. The Kier molecular flexibility index (Phi) is 3.45. The van der Waals surface area contributed by atoms with Crippen LogP contribution >= 0.6 is 0 Å². The smallest absolute Gasteiger partial charge is 0.331 e. The normalized spacial score (nSPS) is 27.1. The number of hydrogen-bond donors (Lipinski definition) is 1. The van der Waals surface area contributed by atoms with Gasteiger partial charge in [0.05, 0.1) is 13.2 Å². The number of carboxylic acids is 1. The third kappa shape index (κ3) is 2.29. The van der Waals surface area contributed by atoms with Crippen LogP contribution in [0.1, 0.15) is 13.3 Å². The molecule has 1 atom stereocenters. The van der Waals surface area contributed by atoms with Gasteiger partial charge in [-0.1, -0.05) is 0 Å². The van der Waals surface area contributed by atoms with Gasteiger partial charge in [-0.3, -0.25) is 0 Å². The minimum absolute atomic E-state index is 0.190. The second-order valence-corrected chi connectivity index (χ2v) is 3.00. The highest BCUT2D eigenvalue weighted by molar-refractivity contribution is 5.87. The minimum atomic E-state index is -0.876. The standard InChI is InChI=1S/C9H14O4/c1-6(9(10)11)7-3-4-13-5-8(7)12-2/h8H,3-5H2,1-2H3,(H,10,11)/b7-6+. The third-order valence-electron chi connectivity index (χ3n) is 2.26. The maximum atomic E-state index is 10.7. The minimum Gasteiger partial charge on any atom is -0.478 e. The Morgan fingerprint density at radius 1 is 1.69 bits per heavy atom. The van der Waals surface area contributed by atoms with Gasteiger partial charge < -0.3 is 14.6 Å². The second kappa shape index (κ2) is 4.39. The molecule has 1 N–H and O–H groups in total. The van der Waals surface area contributed by atoms with E-state index in [0.29, 0.717) is 25.2 Å². The maximum Gasteiger partial charge on any atom is 0.331 e. The Balaban J connectivity index is 2.85. The summed E-state index contributed by atoms with van der Waals surface area (Å²) in [6.07, 6.45) is 0.459. The summed E-state index contributed by atoms with van der Waals surface area (Å²) in [7, 11) is 1.56. The monoisotopic (exact) mass is 186 g/mol. The van der Waals surface area contributed by atoms with Crippen molar-refractivity contribution in [1.82, 2.24) is 0 Å². The quantitative estimate of drug-likeness (QED) is 0.649. The molecule has 13 heavy (non-hydrogen) atoms. The highest BCUT2D eigenvalue weighted by atomic mass is 16.5. The fourth-order valence-electron chi connectivity index (χ4n) is 1.41. The summed E-state index contributed by atoms with van der Waals surface area (Å²) in [5.74, 6) is -0.876. The van der Waals surface area contributed by atoms with Crippen LogP contribution in [0.2, 0.25) is 0 Å². The van der Waals surface area contributed by atoms with Crippen molar-refractivity contribution in [1.29, 1.82) is 0 Å². The van der Waals surface area contributed by atoms with Gasteiger partial charge in [0.2, 0.25) is 0 Å². The van der Waals surface area contributed by atoms with Gasteiger partial charge >= 0.3 is 5.97 Å². The lowest BCUT2D eigenvalue weighted by Gasteiger charge is -2.25. The molecule has 0 aliphatic carbocycles. The van der Waals surface area contributed by atoms with Crippen molar-refractivity contribution in [3.8, 4) is 0 Å². The average Bonchev–Trinajstić information content (AvgIpc) is 2.16. The first-order valence-corrected chi connectivity index (χ1v) is 4.20. The molecule has 0 spiro atoms. The molecule has 0 aromatic heterocycles. The van der Waals surface area contributed by atoms with Gasteiger partial charge in [0, 0.05) is 12.7 Å². The van der Waals surface area contributed by atoms with Crippen LogP contribution in [-0.4, -0.2) is 37.5 Å². The number of aliphatic carboxylic acids is 1. The van der Waals surface area contributed by atoms with Gasteiger partial charge in [0.1, 0.15) is 6.10 Å². The molecule has 1 heterocycles. The summed E-state index contributed by atoms with van der Waals surface area (Å²) in [6, 6.07) is 0. The SMILES string of the molecule is COC1COCC/C1=C(/C)C(=O)O. The van der Waals surface area contributed by atoms with Crippen molar-refractivity contribution < 1.29 is 19.4 Å². The van der Waals surface area contributed by atoms with Crippen LogP contribution in [0.15, 0.2) is 11.1 Å². The molecule has 0 bridgehead atoms. The van der Waals surface area contributed by atoms with E-state index < -0.39 is 5.97 Å². The topological polar surface area (TPSA) is 55.8 Å². The van der Waals surface area contributed by atoms with Gasteiger partial charge in [-0.25, -0.2) is 4.79 Å². The van der Waals surface area contributed by atoms with Crippen molar-refractivity contribution in [2.45, 2.75) is 19.4 Å². The summed E-state index contributed by atoms with van der Waals surface area (Å²) in [6.45, 7) is 2.64.